The topological polar surface area (TPSA) is 70.5 Å². The molecule has 2 rings (SSSR count). The van der Waals surface area contributed by atoms with Crippen molar-refractivity contribution in [3.63, 3.8) is 0 Å². The summed E-state index contributed by atoms with van der Waals surface area (Å²) in [6, 6.07) is 3.44. The fraction of sp³-hybridized carbons (Fsp3) is 0.300. The molecule has 0 aliphatic carbocycles. The van der Waals surface area contributed by atoms with Crippen LogP contribution in [0, 0.1) is 5.92 Å². The van der Waals surface area contributed by atoms with E-state index in [2.05, 4.69) is 36.8 Å². The predicted molar refractivity (Wildman–Crippen MR) is 67.7 cm³/mol. The molecule has 0 spiro atoms. The van der Waals surface area contributed by atoms with Gasteiger partial charge in [0, 0.05) is 13.0 Å². The van der Waals surface area contributed by atoms with Crippen molar-refractivity contribution < 1.29 is 14.7 Å². The first-order valence-electron chi connectivity index (χ1n) is 4.84. The number of carbonyl (C=O) groups excluding carboxylic acids is 1. The van der Waals surface area contributed by atoms with E-state index in [9.17, 15) is 9.59 Å². The molecule has 17 heavy (non-hydrogen) atoms. The molecule has 1 aromatic rings. The number of hydrogen-bond acceptors (Lipinski definition) is 3. The summed E-state index contributed by atoms with van der Waals surface area (Å²) in [6.07, 6.45) is 0.0324. The summed E-state index contributed by atoms with van der Waals surface area (Å²) in [6.45, 7) is 0.176. The van der Waals surface area contributed by atoms with Crippen molar-refractivity contribution in [3.8, 4) is 0 Å². The van der Waals surface area contributed by atoms with Crippen molar-refractivity contribution in [2.75, 3.05) is 11.4 Å². The fourth-order valence-electron chi connectivity index (χ4n) is 1.65. The average molecular weight is 364 g/mol. The zero-order chi connectivity index (χ0) is 12.6. The van der Waals surface area contributed by atoms with Crippen molar-refractivity contribution in [1.29, 1.82) is 0 Å². The standard InChI is InChI=1S/C10H8Br2N2O3/c11-6-1-2-7(13-9(6)12)14-4-5(10(16)17)3-8(14)15/h1-2,5H,3-4H2,(H,16,17). The lowest BCUT2D eigenvalue weighted by Gasteiger charge is -2.15. The summed E-state index contributed by atoms with van der Waals surface area (Å²) >= 11 is 6.53. The largest absolute Gasteiger partial charge is 0.481 e. The van der Waals surface area contributed by atoms with Crippen molar-refractivity contribution in [3.05, 3.63) is 21.2 Å². The van der Waals surface area contributed by atoms with Gasteiger partial charge in [-0.15, -0.1) is 0 Å². The molecule has 1 saturated heterocycles. The molecule has 7 heteroatoms. The summed E-state index contributed by atoms with van der Waals surface area (Å²) in [5, 5.41) is 8.88. The van der Waals surface area contributed by atoms with Crippen LogP contribution in [0.2, 0.25) is 0 Å². The molecular weight excluding hydrogens is 356 g/mol. The molecule has 0 radical (unpaired) electrons. The number of hydrogen-bond donors (Lipinski definition) is 1. The summed E-state index contributed by atoms with van der Waals surface area (Å²) in [4.78, 5) is 28.1. The van der Waals surface area contributed by atoms with Crippen LogP contribution in [0.25, 0.3) is 0 Å². The van der Waals surface area contributed by atoms with E-state index in [1.54, 1.807) is 12.1 Å². The van der Waals surface area contributed by atoms with Gasteiger partial charge < -0.3 is 5.11 Å². The van der Waals surface area contributed by atoms with Gasteiger partial charge in [-0.3, -0.25) is 14.5 Å². The lowest BCUT2D eigenvalue weighted by Crippen LogP contribution is -2.26. The maximum atomic E-state index is 11.7. The summed E-state index contributed by atoms with van der Waals surface area (Å²) < 4.78 is 1.37. The second kappa shape index (κ2) is 4.73. The minimum atomic E-state index is -0.947. The van der Waals surface area contributed by atoms with Crippen LogP contribution < -0.4 is 4.90 Å². The van der Waals surface area contributed by atoms with Crippen molar-refractivity contribution in [1.82, 2.24) is 4.98 Å². The fourth-order valence-corrected chi connectivity index (χ4v) is 2.19. The summed E-state index contributed by atoms with van der Waals surface area (Å²) in [5.74, 6) is -1.34. The lowest BCUT2D eigenvalue weighted by molar-refractivity contribution is -0.141. The molecule has 1 atom stereocenters. The number of aliphatic carboxylic acids is 1. The van der Waals surface area contributed by atoms with Gasteiger partial charge in [0.1, 0.15) is 10.4 Å². The second-order valence-corrected chi connectivity index (χ2v) is 5.29. The predicted octanol–water partition coefficient (Wildman–Crippen LogP) is 2.04. The first-order valence-corrected chi connectivity index (χ1v) is 6.43. The first kappa shape index (κ1) is 12.5. The van der Waals surface area contributed by atoms with Gasteiger partial charge in [0.15, 0.2) is 0 Å². The molecule has 1 aliphatic heterocycles. The van der Waals surface area contributed by atoms with E-state index in [1.165, 1.54) is 4.90 Å². The Morgan fingerprint density at radius 1 is 1.47 bits per heavy atom. The molecule has 1 unspecified atom stereocenters. The van der Waals surface area contributed by atoms with Crippen LogP contribution in [0.1, 0.15) is 6.42 Å². The van der Waals surface area contributed by atoms with Crippen LogP contribution in [0.3, 0.4) is 0 Å². The number of carboxylic acid groups (broad SMARTS) is 1. The van der Waals surface area contributed by atoms with Crippen LogP contribution in [0.5, 0.6) is 0 Å². The highest BCUT2D eigenvalue weighted by atomic mass is 79.9. The first-order chi connectivity index (χ1) is 7.99. The van der Waals surface area contributed by atoms with Gasteiger partial charge in [-0.25, -0.2) is 4.98 Å². The molecule has 1 N–H and O–H groups in total. The number of nitrogens with zero attached hydrogens (tertiary/aromatic N) is 2. The lowest BCUT2D eigenvalue weighted by atomic mass is 10.1. The second-order valence-electron chi connectivity index (χ2n) is 3.69. The molecular formula is C10H8Br2N2O3. The number of carboxylic acids is 1. The van der Waals surface area contributed by atoms with Gasteiger partial charge in [0.25, 0.3) is 0 Å². The summed E-state index contributed by atoms with van der Waals surface area (Å²) in [5.41, 5.74) is 0. The SMILES string of the molecule is O=C(O)C1CC(=O)N(c2ccc(Br)c(Br)n2)C1. The van der Waals surface area contributed by atoms with E-state index in [0.717, 1.165) is 4.47 Å². The molecule has 2 heterocycles. The van der Waals surface area contributed by atoms with E-state index in [-0.39, 0.29) is 18.9 Å². The molecule has 1 amide bonds. The number of rotatable bonds is 2. The Hall–Kier alpha value is -0.950. The Morgan fingerprint density at radius 2 is 2.18 bits per heavy atom. The van der Waals surface area contributed by atoms with Gasteiger partial charge in [-0.1, -0.05) is 0 Å². The highest BCUT2D eigenvalue weighted by molar-refractivity contribution is 9.13. The van der Waals surface area contributed by atoms with Crippen LogP contribution in [-0.4, -0.2) is 28.5 Å². The van der Waals surface area contributed by atoms with E-state index >= 15 is 0 Å². The summed E-state index contributed by atoms with van der Waals surface area (Å²) in [7, 11) is 0. The highest BCUT2D eigenvalue weighted by Crippen LogP contribution is 2.28. The molecule has 1 aliphatic rings. The van der Waals surface area contributed by atoms with Crippen LogP contribution in [0.15, 0.2) is 21.2 Å². The monoisotopic (exact) mass is 362 g/mol. The van der Waals surface area contributed by atoms with Crippen LogP contribution in [-0.2, 0) is 9.59 Å². The molecule has 5 nitrogen and oxygen atoms in total. The number of halogens is 2. The zero-order valence-corrected chi connectivity index (χ0v) is 11.7. The van der Waals surface area contributed by atoms with E-state index in [1.807, 2.05) is 0 Å². The smallest absolute Gasteiger partial charge is 0.308 e. The molecule has 0 bridgehead atoms. The average Bonchev–Trinajstić information content (AvgIpc) is 2.65. The van der Waals surface area contributed by atoms with Gasteiger partial charge in [0.05, 0.1) is 10.4 Å². The van der Waals surface area contributed by atoms with Crippen LogP contribution in [0.4, 0.5) is 5.82 Å². The van der Waals surface area contributed by atoms with E-state index in [4.69, 9.17) is 5.11 Å². The Bertz CT molecular complexity index is 492. The number of pyridine rings is 1. The van der Waals surface area contributed by atoms with Gasteiger partial charge in [-0.2, -0.15) is 0 Å². The maximum absolute atomic E-state index is 11.7. The van der Waals surface area contributed by atoms with Crippen molar-refractivity contribution in [2.24, 2.45) is 5.92 Å². The third-order valence-electron chi connectivity index (χ3n) is 2.54. The van der Waals surface area contributed by atoms with Gasteiger partial charge in [-0.05, 0) is 44.0 Å². The molecule has 1 fully saturated rings. The molecule has 90 valence electrons. The Labute approximate surface area is 114 Å². The number of aromatic nitrogens is 1. The Balaban J connectivity index is 2.26. The van der Waals surface area contributed by atoms with Crippen LogP contribution >= 0.6 is 31.9 Å². The maximum Gasteiger partial charge on any atom is 0.308 e. The highest BCUT2D eigenvalue weighted by Gasteiger charge is 2.35. The van der Waals surface area contributed by atoms with E-state index < -0.39 is 11.9 Å². The Kier molecular flexibility index (Phi) is 3.48. The normalized spacial score (nSPS) is 19.8. The quantitative estimate of drug-likeness (QED) is 0.816. The third kappa shape index (κ3) is 2.50. The third-order valence-corrected chi connectivity index (χ3v) is 4.32. The number of anilines is 1. The van der Waals surface area contributed by atoms with Crippen molar-refractivity contribution in [2.45, 2.75) is 6.42 Å². The number of carbonyl (C=O) groups is 2. The molecule has 0 aromatic carbocycles. The molecule has 0 saturated carbocycles. The minimum Gasteiger partial charge on any atom is -0.481 e. The zero-order valence-electron chi connectivity index (χ0n) is 8.56. The van der Waals surface area contributed by atoms with Crippen molar-refractivity contribution >= 4 is 49.6 Å². The Morgan fingerprint density at radius 3 is 2.71 bits per heavy atom. The number of amides is 1. The molecule has 1 aromatic heterocycles. The van der Waals surface area contributed by atoms with Gasteiger partial charge in [0.2, 0.25) is 5.91 Å². The minimum absolute atomic E-state index is 0.0324. The van der Waals surface area contributed by atoms with Gasteiger partial charge >= 0.3 is 5.97 Å². The van der Waals surface area contributed by atoms with E-state index in [0.29, 0.717) is 10.4 Å².